The molecule has 2 aromatic carbocycles. The SMILES string of the molecule is COc1cc(CNC(=O)Cc2cccc(CC(C)NC[C@@H](O)c3ccc(N)nc3)c2)cc(OC)c1OC. The van der Waals surface area contributed by atoms with E-state index in [0.717, 1.165) is 23.1 Å². The topological polar surface area (TPSA) is 128 Å². The van der Waals surface area contributed by atoms with E-state index in [1.807, 2.05) is 36.4 Å². The molecule has 5 N–H and O–H groups in total. The van der Waals surface area contributed by atoms with Crippen LogP contribution in [0.3, 0.4) is 0 Å². The molecule has 0 saturated carbocycles. The standard InChI is InChI=1S/C28H36N4O5/c1-18(30-17-23(33)22-8-9-26(29)31-16-22)10-19-6-5-7-20(11-19)14-27(34)32-15-21-12-24(35-2)28(37-4)25(13-21)36-3/h5-9,11-13,16,18,23,30,33H,10,14-15,17H2,1-4H3,(H2,29,31)(H,32,34)/t18?,23-/m1/s1. The van der Waals surface area contributed by atoms with Gasteiger partial charge in [-0.3, -0.25) is 4.79 Å². The third-order valence-corrected chi connectivity index (χ3v) is 5.97. The Hall–Kier alpha value is -3.82. The van der Waals surface area contributed by atoms with Gasteiger partial charge in [-0.15, -0.1) is 0 Å². The normalized spacial score (nSPS) is 12.5. The average Bonchev–Trinajstić information content (AvgIpc) is 2.90. The van der Waals surface area contributed by atoms with Crippen LogP contribution in [0.5, 0.6) is 17.2 Å². The zero-order valence-electron chi connectivity index (χ0n) is 21.8. The highest BCUT2D eigenvalue weighted by Crippen LogP contribution is 2.38. The van der Waals surface area contributed by atoms with Gasteiger partial charge in [-0.05, 0) is 48.2 Å². The zero-order chi connectivity index (χ0) is 26.8. The Morgan fingerprint density at radius 3 is 2.32 bits per heavy atom. The number of aliphatic hydroxyl groups is 1. The molecular weight excluding hydrogens is 472 g/mol. The highest BCUT2D eigenvalue weighted by molar-refractivity contribution is 5.78. The van der Waals surface area contributed by atoms with Crippen LogP contribution in [0.25, 0.3) is 0 Å². The first kappa shape index (κ1) is 27.8. The maximum absolute atomic E-state index is 12.6. The van der Waals surface area contributed by atoms with Crippen LogP contribution in [0.4, 0.5) is 5.82 Å². The van der Waals surface area contributed by atoms with Gasteiger partial charge in [0.25, 0.3) is 0 Å². The highest BCUT2D eigenvalue weighted by atomic mass is 16.5. The summed E-state index contributed by atoms with van der Waals surface area (Å²) in [5, 5.41) is 16.7. The number of nitrogens with one attached hydrogen (secondary N) is 2. The number of hydrogen-bond donors (Lipinski definition) is 4. The second kappa shape index (κ2) is 13.5. The molecule has 0 aliphatic heterocycles. The molecule has 1 amide bonds. The largest absolute Gasteiger partial charge is 0.493 e. The van der Waals surface area contributed by atoms with Gasteiger partial charge in [0.15, 0.2) is 11.5 Å². The molecule has 0 saturated heterocycles. The Kier molecular flexibility index (Phi) is 10.1. The number of aromatic nitrogens is 1. The molecular formula is C28H36N4O5. The van der Waals surface area contributed by atoms with Crippen molar-refractivity contribution in [1.29, 1.82) is 0 Å². The van der Waals surface area contributed by atoms with E-state index in [1.165, 1.54) is 0 Å². The molecule has 0 radical (unpaired) electrons. The van der Waals surface area contributed by atoms with Crippen molar-refractivity contribution in [2.75, 3.05) is 33.6 Å². The number of pyridine rings is 1. The van der Waals surface area contributed by atoms with Crippen LogP contribution in [-0.2, 0) is 24.2 Å². The number of anilines is 1. The summed E-state index contributed by atoms with van der Waals surface area (Å²) < 4.78 is 16.1. The van der Waals surface area contributed by atoms with E-state index in [9.17, 15) is 9.90 Å². The zero-order valence-corrected chi connectivity index (χ0v) is 21.8. The van der Waals surface area contributed by atoms with Crippen LogP contribution in [0.2, 0.25) is 0 Å². The first-order valence-corrected chi connectivity index (χ1v) is 12.1. The monoisotopic (exact) mass is 508 g/mol. The van der Waals surface area contributed by atoms with Crippen molar-refractivity contribution >= 4 is 11.7 Å². The predicted octanol–water partition coefficient (Wildman–Crippen LogP) is 2.80. The number of nitrogens with two attached hydrogens (primary N) is 1. The van der Waals surface area contributed by atoms with Crippen LogP contribution in [0.1, 0.15) is 35.3 Å². The Bertz CT molecular complexity index is 1140. The van der Waals surface area contributed by atoms with E-state index in [4.69, 9.17) is 19.9 Å². The van der Waals surface area contributed by atoms with Gasteiger partial charge in [0.1, 0.15) is 5.82 Å². The van der Waals surface area contributed by atoms with E-state index in [1.54, 1.807) is 39.7 Å². The van der Waals surface area contributed by atoms with Crippen molar-refractivity contribution in [3.63, 3.8) is 0 Å². The number of benzene rings is 2. The molecule has 0 aliphatic carbocycles. The Morgan fingerprint density at radius 2 is 1.70 bits per heavy atom. The number of methoxy groups -OCH3 is 3. The van der Waals surface area contributed by atoms with Crippen LogP contribution >= 0.6 is 0 Å². The quantitative estimate of drug-likeness (QED) is 0.278. The predicted molar refractivity (Wildman–Crippen MR) is 143 cm³/mol. The van der Waals surface area contributed by atoms with Gasteiger partial charge >= 0.3 is 0 Å². The summed E-state index contributed by atoms with van der Waals surface area (Å²) >= 11 is 0. The van der Waals surface area contributed by atoms with Crippen molar-refractivity contribution in [3.8, 4) is 17.2 Å². The smallest absolute Gasteiger partial charge is 0.224 e. The average molecular weight is 509 g/mol. The molecule has 0 aliphatic rings. The van der Waals surface area contributed by atoms with E-state index in [-0.39, 0.29) is 18.4 Å². The van der Waals surface area contributed by atoms with E-state index in [2.05, 4.69) is 22.5 Å². The minimum absolute atomic E-state index is 0.0858. The molecule has 2 atom stereocenters. The number of rotatable bonds is 13. The molecule has 1 aromatic heterocycles. The highest BCUT2D eigenvalue weighted by Gasteiger charge is 2.14. The van der Waals surface area contributed by atoms with Gasteiger partial charge in [0.2, 0.25) is 11.7 Å². The molecule has 3 rings (SSSR count). The summed E-state index contributed by atoms with van der Waals surface area (Å²) in [5.74, 6) is 1.93. The third kappa shape index (κ3) is 8.09. The van der Waals surface area contributed by atoms with E-state index in [0.29, 0.717) is 41.7 Å². The number of aliphatic hydroxyl groups excluding tert-OH is 1. The van der Waals surface area contributed by atoms with Crippen LogP contribution < -0.4 is 30.6 Å². The second-order valence-electron chi connectivity index (χ2n) is 8.85. The maximum Gasteiger partial charge on any atom is 0.224 e. The molecule has 3 aromatic rings. The fraction of sp³-hybridized carbons (Fsp3) is 0.357. The van der Waals surface area contributed by atoms with Crippen molar-refractivity contribution in [1.82, 2.24) is 15.6 Å². The Morgan fingerprint density at radius 1 is 1.00 bits per heavy atom. The first-order chi connectivity index (χ1) is 17.8. The lowest BCUT2D eigenvalue weighted by atomic mass is 10.0. The van der Waals surface area contributed by atoms with Gasteiger partial charge in [0, 0.05) is 30.9 Å². The number of carbonyl (C=O) groups is 1. The van der Waals surface area contributed by atoms with Crippen molar-refractivity contribution < 1.29 is 24.1 Å². The number of ether oxygens (including phenoxy) is 3. The van der Waals surface area contributed by atoms with E-state index < -0.39 is 6.10 Å². The number of amides is 1. The Labute approximate surface area is 218 Å². The van der Waals surface area contributed by atoms with Crippen molar-refractivity contribution in [3.05, 3.63) is 77.0 Å². The summed E-state index contributed by atoms with van der Waals surface area (Å²) in [5.41, 5.74) is 9.20. The number of nitrogen functional groups attached to an aromatic ring is 1. The first-order valence-electron chi connectivity index (χ1n) is 12.1. The van der Waals surface area contributed by atoms with Crippen molar-refractivity contribution in [2.45, 2.75) is 38.5 Å². The van der Waals surface area contributed by atoms with Crippen LogP contribution in [-0.4, -0.2) is 49.9 Å². The molecule has 0 spiro atoms. The lowest BCUT2D eigenvalue weighted by Crippen LogP contribution is -2.32. The van der Waals surface area contributed by atoms with Crippen LogP contribution in [0.15, 0.2) is 54.7 Å². The Balaban J connectivity index is 1.51. The van der Waals surface area contributed by atoms with Gasteiger partial charge in [-0.1, -0.05) is 30.3 Å². The minimum atomic E-state index is -0.670. The van der Waals surface area contributed by atoms with Gasteiger partial charge < -0.3 is 35.7 Å². The molecule has 9 heteroatoms. The molecule has 1 unspecified atom stereocenters. The van der Waals surface area contributed by atoms with Gasteiger partial charge in [0.05, 0.1) is 33.9 Å². The molecule has 0 fully saturated rings. The molecule has 37 heavy (non-hydrogen) atoms. The van der Waals surface area contributed by atoms with E-state index >= 15 is 0 Å². The lowest BCUT2D eigenvalue weighted by Gasteiger charge is -2.18. The summed E-state index contributed by atoms with van der Waals surface area (Å²) in [7, 11) is 4.67. The maximum atomic E-state index is 12.6. The summed E-state index contributed by atoms with van der Waals surface area (Å²) in [4.78, 5) is 16.7. The molecule has 0 bridgehead atoms. The molecule has 9 nitrogen and oxygen atoms in total. The number of hydrogen-bond acceptors (Lipinski definition) is 8. The second-order valence-corrected chi connectivity index (χ2v) is 8.85. The fourth-order valence-electron chi connectivity index (χ4n) is 4.02. The van der Waals surface area contributed by atoms with Gasteiger partial charge in [-0.25, -0.2) is 4.98 Å². The fourth-order valence-corrected chi connectivity index (χ4v) is 4.02. The third-order valence-electron chi connectivity index (χ3n) is 5.97. The summed E-state index contributed by atoms with van der Waals surface area (Å²) in [6, 6.07) is 15.2. The minimum Gasteiger partial charge on any atom is -0.493 e. The van der Waals surface area contributed by atoms with Crippen LogP contribution in [0, 0.1) is 0 Å². The molecule has 198 valence electrons. The summed E-state index contributed by atoms with van der Waals surface area (Å²) in [6.45, 7) is 2.79. The summed E-state index contributed by atoms with van der Waals surface area (Å²) in [6.07, 6.45) is 1.94. The molecule has 1 heterocycles. The van der Waals surface area contributed by atoms with Crippen molar-refractivity contribution in [2.24, 2.45) is 0 Å². The van der Waals surface area contributed by atoms with Gasteiger partial charge in [-0.2, -0.15) is 0 Å². The lowest BCUT2D eigenvalue weighted by molar-refractivity contribution is -0.120. The number of nitrogens with zero attached hydrogens (tertiary/aromatic N) is 1. The number of carbonyl (C=O) groups excluding carboxylic acids is 1.